The third kappa shape index (κ3) is 3.81. The van der Waals surface area contributed by atoms with Crippen molar-refractivity contribution in [2.45, 2.75) is 19.9 Å². The van der Waals surface area contributed by atoms with E-state index in [9.17, 15) is 4.79 Å². The van der Waals surface area contributed by atoms with Gasteiger partial charge in [0.2, 0.25) is 0 Å². The van der Waals surface area contributed by atoms with Gasteiger partial charge in [-0.05, 0) is 38.1 Å². The summed E-state index contributed by atoms with van der Waals surface area (Å²) >= 11 is 3.07. The van der Waals surface area contributed by atoms with Crippen molar-refractivity contribution in [3.05, 3.63) is 53.5 Å². The Hall–Kier alpha value is -2.84. The Morgan fingerprint density at radius 2 is 1.63 bits per heavy atom. The van der Waals surface area contributed by atoms with Gasteiger partial charge < -0.3 is 5.32 Å². The van der Waals surface area contributed by atoms with E-state index in [1.54, 1.807) is 18.3 Å². The molecule has 27 heavy (non-hydrogen) atoms. The average molecular weight is 396 g/mol. The number of carbonyl (C=O) groups is 1. The van der Waals surface area contributed by atoms with Crippen LogP contribution in [-0.4, -0.2) is 27.6 Å². The van der Waals surface area contributed by atoms with Crippen molar-refractivity contribution in [1.82, 2.24) is 15.4 Å². The first-order valence-corrected chi connectivity index (χ1v) is 10.1. The number of aromatic nitrogens is 2. The molecule has 6 nitrogen and oxygen atoms in total. The van der Waals surface area contributed by atoms with Gasteiger partial charge in [-0.2, -0.15) is 5.10 Å². The number of anilines is 1. The molecule has 136 valence electrons. The van der Waals surface area contributed by atoms with Gasteiger partial charge in [0, 0.05) is 0 Å². The monoisotopic (exact) mass is 395 g/mol. The lowest BCUT2D eigenvalue weighted by Crippen LogP contribution is -2.35. The van der Waals surface area contributed by atoms with Gasteiger partial charge in [-0.1, -0.05) is 35.6 Å². The van der Waals surface area contributed by atoms with Gasteiger partial charge in [-0.15, -0.1) is 11.3 Å². The number of rotatable bonds is 5. The van der Waals surface area contributed by atoms with E-state index in [1.165, 1.54) is 11.3 Å². The van der Waals surface area contributed by atoms with Crippen LogP contribution in [-0.2, 0) is 4.79 Å². The van der Waals surface area contributed by atoms with E-state index in [0.717, 1.165) is 25.4 Å². The average Bonchev–Trinajstić information content (AvgIpc) is 3.28. The van der Waals surface area contributed by atoms with Gasteiger partial charge in [0.1, 0.15) is 11.0 Å². The van der Waals surface area contributed by atoms with Crippen LogP contribution >= 0.6 is 22.7 Å². The maximum absolute atomic E-state index is 12.3. The zero-order chi connectivity index (χ0) is 18.8. The first-order chi connectivity index (χ1) is 13.1. The van der Waals surface area contributed by atoms with Gasteiger partial charge >= 0.3 is 0 Å². The molecular weight excluding hydrogens is 378 g/mol. The number of benzene rings is 2. The van der Waals surface area contributed by atoms with Crippen molar-refractivity contribution in [2.24, 2.45) is 5.10 Å². The summed E-state index contributed by atoms with van der Waals surface area (Å²) in [6.07, 6.45) is 0. The quantitative estimate of drug-likeness (QED) is 0.391. The highest BCUT2D eigenvalue weighted by molar-refractivity contribution is 7.22. The van der Waals surface area contributed by atoms with Crippen LogP contribution < -0.4 is 10.7 Å². The van der Waals surface area contributed by atoms with Gasteiger partial charge in [0.05, 0.1) is 26.1 Å². The van der Waals surface area contributed by atoms with Crippen molar-refractivity contribution in [3.8, 4) is 0 Å². The highest BCUT2D eigenvalue weighted by Gasteiger charge is 2.15. The molecule has 8 heteroatoms. The summed E-state index contributed by atoms with van der Waals surface area (Å²) in [4.78, 5) is 21.4. The maximum Gasteiger partial charge on any atom is 0.262 e. The number of carbonyl (C=O) groups excluding carboxylic acids is 1. The van der Waals surface area contributed by atoms with Crippen LogP contribution in [0.25, 0.3) is 20.4 Å². The Balaban J connectivity index is 1.42. The number of hydrogen-bond acceptors (Lipinski definition) is 7. The lowest BCUT2D eigenvalue weighted by atomic mass is 10.3. The fourth-order valence-corrected chi connectivity index (χ4v) is 4.36. The Labute approximate surface area is 164 Å². The lowest BCUT2D eigenvalue weighted by molar-refractivity contribution is -0.121. The first-order valence-electron chi connectivity index (χ1n) is 8.42. The summed E-state index contributed by atoms with van der Waals surface area (Å²) in [7, 11) is 0. The molecule has 4 rings (SSSR count). The highest BCUT2D eigenvalue weighted by atomic mass is 32.1. The fourth-order valence-electron chi connectivity index (χ4n) is 2.50. The Morgan fingerprint density at radius 1 is 1.00 bits per heavy atom. The van der Waals surface area contributed by atoms with E-state index in [2.05, 4.69) is 25.8 Å². The molecule has 0 spiro atoms. The minimum Gasteiger partial charge on any atom is -0.350 e. The van der Waals surface area contributed by atoms with Crippen molar-refractivity contribution < 1.29 is 4.79 Å². The zero-order valence-electron chi connectivity index (χ0n) is 14.8. The highest BCUT2D eigenvalue weighted by Crippen LogP contribution is 2.26. The number of para-hydroxylation sites is 2. The summed E-state index contributed by atoms with van der Waals surface area (Å²) in [6, 6.07) is 15.3. The normalized spacial score (nSPS) is 13.0. The summed E-state index contributed by atoms with van der Waals surface area (Å²) in [5, 5.41) is 8.84. The topological polar surface area (TPSA) is 79.3 Å². The molecule has 2 aromatic heterocycles. The molecule has 0 radical (unpaired) electrons. The van der Waals surface area contributed by atoms with E-state index in [0.29, 0.717) is 10.8 Å². The molecule has 2 aromatic carbocycles. The molecule has 0 aliphatic carbocycles. The third-order valence-corrected chi connectivity index (χ3v) is 6.08. The molecule has 1 amide bonds. The van der Waals surface area contributed by atoms with Crippen molar-refractivity contribution in [1.29, 1.82) is 0 Å². The van der Waals surface area contributed by atoms with Crippen molar-refractivity contribution in [3.63, 3.8) is 0 Å². The standard InChI is InChI=1S/C19H17N5OS2/c1-11(20-19-22-14-8-4-6-10-16(14)27-19)17(25)24-23-12(2)18-21-13-7-3-5-9-15(13)26-18/h3-11H,1-2H3,(H,20,22)(H,24,25)/b23-12-/t11-/m0/s1. The summed E-state index contributed by atoms with van der Waals surface area (Å²) in [5.41, 5.74) is 5.14. The predicted octanol–water partition coefficient (Wildman–Crippen LogP) is 4.25. The van der Waals surface area contributed by atoms with Crippen LogP contribution in [0.5, 0.6) is 0 Å². The van der Waals surface area contributed by atoms with Crippen molar-refractivity contribution in [2.75, 3.05) is 5.32 Å². The molecular formula is C19H17N5OS2. The lowest BCUT2D eigenvalue weighted by Gasteiger charge is -2.10. The Morgan fingerprint density at radius 3 is 2.30 bits per heavy atom. The van der Waals surface area contributed by atoms with E-state index in [1.807, 2.05) is 55.5 Å². The number of nitrogens with zero attached hydrogens (tertiary/aromatic N) is 3. The van der Waals surface area contributed by atoms with E-state index < -0.39 is 6.04 Å². The molecule has 4 aromatic rings. The smallest absolute Gasteiger partial charge is 0.262 e. The Bertz CT molecular complexity index is 1080. The number of amides is 1. The molecule has 0 fully saturated rings. The summed E-state index contributed by atoms with van der Waals surface area (Å²) in [5.74, 6) is -0.227. The van der Waals surface area contributed by atoms with Crippen LogP contribution in [0.15, 0.2) is 53.6 Å². The predicted molar refractivity (Wildman–Crippen MR) is 113 cm³/mol. The van der Waals surface area contributed by atoms with Crippen LogP contribution in [0, 0.1) is 0 Å². The Kier molecular flexibility index (Phi) is 4.83. The number of hydrazone groups is 1. The number of hydrogen-bond donors (Lipinski definition) is 2. The number of fused-ring (bicyclic) bond motifs is 2. The molecule has 2 heterocycles. The van der Waals surface area contributed by atoms with Gasteiger partial charge in [0.25, 0.3) is 5.91 Å². The molecule has 2 N–H and O–H groups in total. The largest absolute Gasteiger partial charge is 0.350 e. The number of nitrogens with one attached hydrogen (secondary N) is 2. The van der Waals surface area contributed by atoms with E-state index in [-0.39, 0.29) is 5.91 Å². The SMILES string of the molecule is C/C(=N/NC(=O)[C@H](C)Nc1nc2ccccc2s1)c1nc2ccccc2s1. The second-order valence-corrected chi connectivity index (χ2v) is 8.07. The van der Waals surface area contributed by atoms with Gasteiger partial charge in [0.15, 0.2) is 5.13 Å². The van der Waals surface area contributed by atoms with Crippen LogP contribution in [0.4, 0.5) is 5.13 Å². The fraction of sp³-hybridized carbons (Fsp3) is 0.158. The summed E-state index contributed by atoms with van der Waals surface area (Å²) < 4.78 is 2.18. The molecule has 1 atom stereocenters. The molecule has 0 saturated heterocycles. The second-order valence-electron chi connectivity index (χ2n) is 6.01. The molecule has 0 aliphatic heterocycles. The first kappa shape index (κ1) is 17.6. The van der Waals surface area contributed by atoms with E-state index in [4.69, 9.17) is 0 Å². The second kappa shape index (κ2) is 7.42. The van der Waals surface area contributed by atoms with Crippen LogP contribution in [0.2, 0.25) is 0 Å². The summed E-state index contributed by atoms with van der Waals surface area (Å²) in [6.45, 7) is 3.62. The molecule has 0 unspecified atom stereocenters. The number of thiazole rings is 2. The minimum absolute atomic E-state index is 0.227. The van der Waals surface area contributed by atoms with Crippen LogP contribution in [0.3, 0.4) is 0 Å². The minimum atomic E-state index is -0.461. The van der Waals surface area contributed by atoms with Gasteiger partial charge in [-0.3, -0.25) is 4.79 Å². The van der Waals surface area contributed by atoms with Crippen molar-refractivity contribution >= 4 is 59.9 Å². The molecule has 0 bridgehead atoms. The maximum atomic E-state index is 12.3. The molecule has 0 aliphatic rings. The third-order valence-electron chi connectivity index (χ3n) is 3.96. The zero-order valence-corrected chi connectivity index (χ0v) is 16.4. The van der Waals surface area contributed by atoms with Crippen LogP contribution in [0.1, 0.15) is 18.9 Å². The van der Waals surface area contributed by atoms with Gasteiger partial charge in [-0.25, -0.2) is 15.4 Å². The van der Waals surface area contributed by atoms with E-state index >= 15 is 0 Å². The molecule has 0 saturated carbocycles.